The summed E-state index contributed by atoms with van der Waals surface area (Å²) in [5, 5.41) is 15.2. The minimum atomic E-state index is -0.348. The van der Waals surface area contributed by atoms with E-state index in [2.05, 4.69) is 34.7 Å². The smallest absolute Gasteiger partial charge is 0.237 e. The van der Waals surface area contributed by atoms with Gasteiger partial charge in [-0.25, -0.2) is 0 Å². The van der Waals surface area contributed by atoms with E-state index in [0.29, 0.717) is 11.1 Å². The Labute approximate surface area is 163 Å². The number of thioether (sulfide) groups is 1. The molecule has 0 radical (unpaired) electrons. The van der Waals surface area contributed by atoms with Gasteiger partial charge >= 0.3 is 0 Å². The molecule has 1 aromatic heterocycles. The van der Waals surface area contributed by atoms with E-state index in [-0.39, 0.29) is 11.2 Å². The van der Waals surface area contributed by atoms with Crippen molar-refractivity contribution in [3.8, 4) is 5.69 Å². The number of aryl methyl sites for hydroxylation is 1. The summed E-state index contributed by atoms with van der Waals surface area (Å²) in [7, 11) is 0. The van der Waals surface area contributed by atoms with E-state index in [1.807, 2.05) is 62.4 Å². The second-order valence-electron chi connectivity index (χ2n) is 6.65. The van der Waals surface area contributed by atoms with Gasteiger partial charge in [0.05, 0.1) is 10.9 Å². The average Bonchev–Trinajstić information content (AvgIpc) is 3.10. The van der Waals surface area contributed by atoms with Crippen molar-refractivity contribution in [3.63, 3.8) is 0 Å². The van der Waals surface area contributed by atoms with Crippen molar-refractivity contribution < 1.29 is 4.79 Å². The van der Waals surface area contributed by atoms with Crippen LogP contribution < -0.4 is 5.32 Å². The van der Waals surface area contributed by atoms with Crippen molar-refractivity contribution in [2.24, 2.45) is 0 Å². The van der Waals surface area contributed by atoms with Crippen LogP contribution in [-0.2, 0) is 4.79 Å². The number of carbonyl (C=O) groups excluding carboxylic acids is 1. The first-order valence-electron chi connectivity index (χ1n) is 8.88. The normalized spacial score (nSPS) is 12.2. The minimum Gasteiger partial charge on any atom is -0.325 e. The molecule has 3 aromatic rings. The molecule has 1 atom stereocenters. The lowest BCUT2D eigenvalue weighted by molar-refractivity contribution is -0.115. The standard InChI is InChI=1S/C20H23N5OS/c1-13(2)16-10-6-7-11-17(16)21-19(26)15(4)27-20-22-23-24-25(20)18-12-8-5-9-14(18)3/h5-13,15H,1-4H3,(H,21,26)/t15-/m1/s1. The number of hydrogen-bond donors (Lipinski definition) is 1. The van der Waals surface area contributed by atoms with Gasteiger partial charge in [-0.15, -0.1) is 5.10 Å². The predicted octanol–water partition coefficient (Wildman–Crippen LogP) is 4.21. The summed E-state index contributed by atoms with van der Waals surface area (Å²) in [4.78, 5) is 12.7. The van der Waals surface area contributed by atoms with Crippen LogP contribution in [-0.4, -0.2) is 31.4 Å². The highest BCUT2D eigenvalue weighted by molar-refractivity contribution is 8.00. The Balaban J connectivity index is 1.75. The van der Waals surface area contributed by atoms with Crippen LogP contribution in [0.3, 0.4) is 0 Å². The number of carbonyl (C=O) groups is 1. The van der Waals surface area contributed by atoms with Crippen LogP contribution in [0.1, 0.15) is 37.8 Å². The van der Waals surface area contributed by atoms with Crippen LogP contribution in [0.25, 0.3) is 5.69 Å². The number of anilines is 1. The third-order valence-electron chi connectivity index (χ3n) is 4.28. The van der Waals surface area contributed by atoms with Crippen molar-refractivity contribution >= 4 is 23.4 Å². The Morgan fingerprint density at radius 1 is 1.07 bits per heavy atom. The molecular weight excluding hydrogens is 358 g/mol. The van der Waals surface area contributed by atoms with E-state index in [0.717, 1.165) is 22.5 Å². The monoisotopic (exact) mass is 381 g/mol. The van der Waals surface area contributed by atoms with E-state index in [1.165, 1.54) is 11.8 Å². The van der Waals surface area contributed by atoms with Crippen molar-refractivity contribution in [2.75, 3.05) is 5.32 Å². The maximum absolute atomic E-state index is 12.7. The zero-order valence-electron chi connectivity index (χ0n) is 15.9. The Morgan fingerprint density at radius 3 is 2.52 bits per heavy atom. The van der Waals surface area contributed by atoms with E-state index < -0.39 is 0 Å². The zero-order valence-corrected chi connectivity index (χ0v) is 16.7. The molecule has 0 saturated carbocycles. The molecule has 0 fully saturated rings. The highest BCUT2D eigenvalue weighted by atomic mass is 32.2. The SMILES string of the molecule is Cc1ccccc1-n1nnnc1S[C@H](C)C(=O)Nc1ccccc1C(C)C. The molecule has 6 nitrogen and oxygen atoms in total. The molecule has 0 aliphatic carbocycles. The van der Waals surface area contributed by atoms with Gasteiger partial charge in [0.25, 0.3) is 0 Å². The molecular formula is C20H23N5OS. The lowest BCUT2D eigenvalue weighted by Gasteiger charge is -2.16. The molecule has 1 N–H and O–H groups in total. The summed E-state index contributed by atoms with van der Waals surface area (Å²) < 4.78 is 1.67. The van der Waals surface area contributed by atoms with Crippen LogP contribution in [0.2, 0.25) is 0 Å². The van der Waals surface area contributed by atoms with Crippen molar-refractivity contribution in [1.82, 2.24) is 20.2 Å². The molecule has 3 rings (SSSR count). The lowest BCUT2D eigenvalue weighted by atomic mass is 10.0. The highest BCUT2D eigenvalue weighted by Gasteiger charge is 2.21. The summed E-state index contributed by atoms with van der Waals surface area (Å²) in [5.74, 6) is 0.255. The molecule has 0 aliphatic heterocycles. The van der Waals surface area contributed by atoms with Gasteiger partial charge in [-0.1, -0.05) is 62.0 Å². The maximum atomic E-state index is 12.7. The van der Waals surface area contributed by atoms with Gasteiger partial charge in [0.2, 0.25) is 11.1 Å². The molecule has 7 heteroatoms. The second kappa shape index (κ2) is 8.35. The fourth-order valence-corrected chi connectivity index (χ4v) is 3.57. The molecule has 0 unspecified atom stereocenters. The third-order valence-corrected chi connectivity index (χ3v) is 5.31. The lowest BCUT2D eigenvalue weighted by Crippen LogP contribution is -2.23. The molecule has 0 aliphatic rings. The largest absolute Gasteiger partial charge is 0.325 e. The summed E-state index contributed by atoms with van der Waals surface area (Å²) in [6.45, 7) is 8.08. The fraction of sp³-hybridized carbons (Fsp3) is 0.300. The molecule has 27 heavy (non-hydrogen) atoms. The number of amides is 1. The third kappa shape index (κ3) is 4.36. The number of benzene rings is 2. The van der Waals surface area contributed by atoms with Gasteiger partial charge in [0, 0.05) is 5.69 Å². The second-order valence-corrected chi connectivity index (χ2v) is 7.96. The molecule has 140 valence electrons. The molecule has 0 spiro atoms. The van der Waals surface area contributed by atoms with Crippen molar-refractivity contribution in [1.29, 1.82) is 0 Å². The quantitative estimate of drug-likeness (QED) is 0.648. The zero-order chi connectivity index (χ0) is 19.4. The van der Waals surface area contributed by atoms with Gasteiger partial charge in [-0.2, -0.15) is 4.68 Å². The molecule has 1 amide bonds. The first-order valence-corrected chi connectivity index (χ1v) is 9.76. The van der Waals surface area contributed by atoms with Crippen molar-refractivity contribution in [3.05, 3.63) is 59.7 Å². The van der Waals surface area contributed by atoms with Gasteiger partial charge in [0.1, 0.15) is 0 Å². The number of nitrogens with zero attached hydrogens (tertiary/aromatic N) is 4. The average molecular weight is 382 g/mol. The summed E-state index contributed by atoms with van der Waals surface area (Å²) in [6.07, 6.45) is 0. The Kier molecular flexibility index (Phi) is 5.91. The van der Waals surface area contributed by atoms with Crippen LogP contribution >= 0.6 is 11.8 Å². The van der Waals surface area contributed by atoms with Crippen LogP contribution in [0.15, 0.2) is 53.7 Å². The van der Waals surface area contributed by atoms with E-state index in [9.17, 15) is 4.79 Å². The summed E-state index contributed by atoms with van der Waals surface area (Å²) in [5.41, 5.74) is 3.94. The summed E-state index contributed by atoms with van der Waals surface area (Å²) in [6, 6.07) is 15.8. The van der Waals surface area contributed by atoms with Crippen LogP contribution in [0.5, 0.6) is 0 Å². The Morgan fingerprint density at radius 2 is 1.78 bits per heavy atom. The fourth-order valence-electron chi connectivity index (χ4n) is 2.76. The first-order chi connectivity index (χ1) is 13.0. The number of tetrazole rings is 1. The van der Waals surface area contributed by atoms with E-state index in [1.54, 1.807) is 4.68 Å². The molecule has 0 saturated heterocycles. The minimum absolute atomic E-state index is 0.0765. The summed E-state index contributed by atoms with van der Waals surface area (Å²) >= 11 is 1.34. The Hall–Kier alpha value is -2.67. The van der Waals surface area contributed by atoms with Gasteiger partial charge < -0.3 is 5.32 Å². The molecule has 2 aromatic carbocycles. The topological polar surface area (TPSA) is 72.7 Å². The number of nitrogens with one attached hydrogen (secondary N) is 1. The van der Waals surface area contributed by atoms with Gasteiger partial charge in [-0.05, 0) is 53.5 Å². The Bertz CT molecular complexity index is 937. The number of hydrogen-bond acceptors (Lipinski definition) is 5. The van der Waals surface area contributed by atoms with E-state index >= 15 is 0 Å². The van der Waals surface area contributed by atoms with Gasteiger partial charge in [0.15, 0.2) is 0 Å². The van der Waals surface area contributed by atoms with Crippen LogP contribution in [0, 0.1) is 6.92 Å². The number of para-hydroxylation sites is 2. The highest BCUT2D eigenvalue weighted by Crippen LogP contribution is 2.27. The van der Waals surface area contributed by atoms with Crippen molar-refractivity contribution in [2.45, 2.75) is 44.0 Å². The number of aromatic nitrogens is 4. The maximum Gasteiger partial charge on any atom is 0.237 e. The molecule has 0 bridgehead atoms. The first kappa shape index (κ1) is 19.1. The van der Waals surface area contributed by atoms with Gasteiger partial charge in [-0.3, -0.25) is 4.79 Å². The predicted molar refractivity (Wildman–Crippen MR) is 108 cm³/mol. The number of rotatable bonds is 6. The van der Waals surface area contributed by atoms with Crippen LogP contribution in [0.4, 0.5) is 5.69 Å². The molecule has 1 heterocycles. The van der Waals surface area contributed by atoms with E-state index in [4.69, 9.17) is 0 Å².